The van der Waals surface area contributed by atoms with E-state index in [4.69, 9.17) is 0 Å². The molecule has 0 rings (SSSR count). The molecule has 0 aliphatic rings. The molecular formula is C10H20O. The van der Waals surface area contributed by atoms with E-state index >= 15 is 0 Å². The van der Waals surface area contributed by atoms with Crippen LogP contribution in [0.3, 0.4) is 0 Å². The lowest BCUT2D eigenvalue weighted by Gasteiger charge is -2.11. The van der Waals surface area contributed by atoms with Crippen LogP contribution in [0.1, 0.15) is 39.5 Å². The summed E-state index contributed by atoms with van der Waals surface area (Å²) in [5, 5.41) is 9.41. The summed E-state index contributed by atoms with van der Waals surface area (Å²) in [5.74, 6) is 0.605. The molecule has 0 bridgehead atoms. The minimum atomic E-state index is -0.102. The Morgan fingerprint density at radius 3 is 2.55 bits per heavy atom. The molecular weight excluding hydrogens is 136 g/mol. The average Bonchev–Trinajstić information content (AvgIpc) is 1.86. The molecule has 1 atom stereocenters. The van der Waals surface area contributed by atoms with Crippen molar-refractivity contribution in [2.75, 3.05) is 0 Å². The van der Waals surface area contributed by atoms with Gasteiger partial charge < -0.3 is 5.11 Å². The molecule has 0 saturated carbocycles. The van der Waals surface area contributed by atoms with E-state index in [0.717, 1.165) is 25.7 Å². The van der Waals surface area contributed by atoms with Gasteiger partial charge in [0, 0.05) is 0 Å². The molecule has 1 N–H and O–H groups in total. The molecule has 0 aliphatic carbocycles. The van der Waals surface area contributed by atoms with Gasteiger partial charge in [-0.25, -0.2) is 0 Å². The summed E-state index contributed by atoms with van der Waals surface area (Å²) in [4.78, 5) is 0. The fourth-order valence-corrected chi connectivity index (χ4v) is 1.16. The van der Waals surface area contributed by atoms with Crippen molar-refractivity contribution in [2.24, 2.45) is 5.92 Å². The molecule has 0 aromatic heterocycles. The van der Waals surface area contributed by atoms with Crippen LogP contribution in [-0.2, 0) is 0 Å². The number of allylic oxidation sites excluding steroid dienone is 1. The second-order valence-corrected chi connectivity index (χ2v) is 3.50. The highest BCUT2D eigenvalue weighted by Gasteiger charge is 2.05. The largest absolute Gasteiger partial charge is 0.393 e. The number of aliphatic hydroxyl groups excluding tert-OH is 1. The summed E-state index contributed by atoms with van der Waals surface area (Å²) >= 11 is 0. The Balaban J connectivity index is 3.21. The number of rotatable bonds is 6. The van der Waals surface area contributed by atoms with Gasteiger partial charge in [0.05, 0.1) is 6.10 Å². The van der Waals surface area contributed by atoms with E-state index in [0.29, 0.717) is 5.92 Å². The Bertz CT molecular complexity index is 97.0. The van der Waals surface area contributed by atoms with Gasteiger partial charge in [-0.2, -0.15) is 0 Å². The summed E-state index contributed by atoms with van der Waals surface area (Å²) in [7, 11) is 0. The van der Waals surface area contributed by atoms with Crippen molar-refractivity contribution in [2.45, 2.75) is 45.6 Å². The van der Waals surface area contributed by atoms with Gasteiger partial charge in [-0.15, -0.1) is 6.58 Å². The van der Waals surface area contributed by atoms with Gasteiger partial charge >= 0.3 is 0 Å². The highest BCUT2D eigenvalue weighted by Crippen LogP contribution is 2.10. The molecule has 1 heteroatoms. The Labute approximate surface area is 70.1 Å². The van der Waals surface area contributed by atoms with Crippen molar-refractivity contribution in [1.82, 2.24) is 0 Å². The SMILES string of the molecule is C=CCCCC(O)CC(C)C. The van der Waals surface area contributed by atoms with Gasteiger partial charge in [-0.05, 0) is 31.6 Å². The number of unbranched alkanes of at least 4 members (excludes halogenated alkanes) is 1. The molecule has 0 spiro atoms. The minimum Gasteiger partial charge on any atom is -0.393 e. The van der Waals surface area contributed by atoms with Gasteiger partial charge in [0.1, 0.15) is 0 Å². The van der Waals surface area contributed by atoms with Crippen LogP contribution in [0.25, 0.3) is 0 Å². The topological polar surface area (TPSA) is 20.2 Å². The van der Waals surface area contributed by atoms with Crippen LogP contribution in [0.5, 0.6) is 0 Å². The van der Waals surface area contributed by atoms with Crippen molar-refractivity contribution in [3.63, 3.8) is 0 Å². The van der Waals surface area contributed by atoms with Crippen molar-refractivity contribution >= 4 is 0 Å². The van der Waals surface area contributed by atoms with Crippen LogP contribution >= 0.6 is 0 Å². The van der Waals surface area contributed by atoms with Crippen molar-refractivity contribution < 1.29 is 5.11 Å². The Morgan fingerprint density at radius 1 is 1.45 bits per heavy atom. The Morgan fingerprint density at radius 2 is 2.09 bits per heavy atom. The van der Waals surface area contributed by atoms with Gasteiger partial charge in [0.15, 0.2) is 0 Å². The van der Waals surface area contributed by atoms with Gasteiger partial charge in [-0.1, -0.05) is 19.9 Å². The molecule has 0 aromatic rings. The van der Waals surface area contributed by atoms with E-state index in [1.54, 1.807) is 0 Å². The van der Waals surface area contributed by atoms with E-state index in [2.05, 4.69) is 20.4 Å². The summed E-state index contributed by atoms with van der Waals surface area (Å²) in [5.41, 5.74) is 0. The fraction of sp³-hybridized carbons (Fsp3) is 0.800. The van der Waals surface area contributed by atoms with Crippen molar-refractivity contribution in [1.29, 1.82) is 0 Å². The van der Waals surface area contributed by atoms with Crippen LogP contribution in [0, 0.1) is 5.92 Å². The zero-order valence-corrected chi connectivity index (χ0v) is 7.71. The zero-order chi connectivity index (χ0) is 8.69. The van der Waals surface area contributed by atoms with Crippen LogP contribution in [0.4, 0.5) is 0 Å². The molecule has 0 radical (unpaired) electrons. The third-order valence-electron chi connectivity index (χ3n) is 1.69. The predicted molar refractivity (Wildman–Crippen MR) is 49.5 cm³/mol. The monoisotopic (exact) mass is 156 g/mol. The highest BCUT2D eigenvalue weighted by atomic mass is 16.3. The van der Waals surface area contributed by atoms with Crippen molar-refractivity contribution in [3.8, 4) is 0 Å². The quantitative estimate of drug-likeness (QED) is 0.463. The van der Waals surface area contributed by atoms with E-state index in [-0.39, 0.29) is 6.10 Å². The molecule has 0 saturated heterocycles. The van der Waals surface area contributed by atoms with Crippen molar-refractivity contribution in [3.05, 3.63) is 12.7 Å². The molecule has 1 nitrogen and oxygen atoms in total. The smallest absolute Gasteiger partial charge is 0.0542 e. The first-order valence-electron chi connectivity index (χ1n) is 4.45. The number of hydrogen-bond donors (Lipinski definition) is 1. The first-order valence-corrected chi connectivity index (χ1v) is 4.45. The highest BCUT2D eigenvalue weighted by molar-refractivity contribution is 4.67. The summed E-state index contributed by atoms with van der Waals surface area (Å²) in [6.45, 7) is 7.91. The van der Waals surface area contributed by atoms with Gasteiger partial charge in [0.25, 0.3) is 0 Å². The lowest BCUT2D eigenvalue weighted by Crippen LogP contribution is -2.09. The van der Waals surface area contributed by atoms with E-state index in [9.17, 15) is 5.11 Å². The third kappa shape index (κ3) is 7.60. The molecule has 1 unspecified atom stereocenters. The van der Waals surface area contributed by atoms with Crippen LogP contribution in [0.15, 0.2) is 12.7 Å². The third-order valence-corrected chi connectivity index (χ3v) is 1.69. The van der Waals surface area contributed by atoms with Gasteiger partial charge in [0.2, 0.25) is 0 Å². The number of hydrogen-bond acceptors (Lipinski definition) is 1. The Hall–Kier alpha value is -0.300. The molecule has 0 fully saturated rings. The van der Waals surface area contributed by atoms with E-state index < -0.39 is 0 Å². The molecule has 0 heterocycles. The molecule has 11 heavy (non-hydrogen) atoms. The normalized spacial score (nSPS) is 13.5. The maximum Gasteiger partial charge on any atom is 0.0542 e. The first-order chi connectivity index (χ1) is 5.16. The maximum atomic E-state index is 9.41. The number of aliphatic hydroxyl groups is 1. The van der Waals surface area contributed by atoms with E-state index in [1.807, 2.05) is 6.08 Å². The minimum absolute atomic E-state index is 0.102. The molecule has 0 amide bonds. The molecule has 0 aliphatic heterocycles. The summed E-state index contributed by atoms with van der Waals surface area (Å²) < 4.78 is 0. The standard InChI is InChI=1S/C10H20O/c1-4-5-6-7-10(11)8-9(2)3/h4,9-11H,1,5-8H2,2-3H3. The first kappa shape index (κ1) is 10.7. The van der Waals surface area contributed by atoms with Crippen LogP contribution in [0.2, 0.25) is 0 Å². The average molecular weight is 156 g/mol. The summed E-state index contributed by atoms with van der Waals surface area (Å²) in [6.07, 6.45) is 5.74. The maximum absolute atomic E-state index is 9.41. The fourth-order valence-electron chi connectivity index (χ4n) is 1.16. The Kier molecular flexibility index (Phi) is 6.24. The van der Waals surface area contributed by atoms with Crippen LogP contribution < -0.4 is 0 Å². The van der Waals surface area contributed by atoms with Crippen LogP contribution in [-0.4, -0.2) is 11.2 Å². The molecule has 66 valence electrons. The predicted octanol–water partition coefficient (Wildman–Crippen LogP) is 2.75. The lowest BCUT2D eigenvalue weighted by atomic mass is 10.0. The lowest BCUT2D eigenvalue weighted by molar-refractivity contribution is 0.137. The zero-order valence-electron chi connectivity index (χ0n) is 7.71. The summed E-state index contributed by atoms with van der Waals surface area (Å²) in [6, 6.07) is 0. The second kappa shape index (κ2) is 6.41. The second-order valence-electron chi connectivity index (χ2n) is 3.50. The molecule has 0 aromatic carbocycles. The van der Waals surface area contributed by atoms with Gasteiger partial charge in [-0.3, -0.25) is 0 Å². The van der Waals surface area contributed by atoms with E-state index in [1.165, 1.54) is 0 Å².